The van der Waals surface area contributed by atoms with Crippen molar-refractivity contribution in [2.75, 3.05) is 19.6 Å². The molecule has 4 nitrogen and oxygen atoms in total. The Kier molecular flexibility index (Phi) is 5.15. The third kappa shape index (κ3) is 4.06. The Balaban J connectivity index is 1.34. The second-order valence-corrected chi connectivity index (χ2v) is 8.96. The number of rotatable bonds is 5. The molecule has 4 atom stereocenters. The van der Waals surface area contributed by atoms with Crippen LogP contribution in [-0.2, 0) is 6.42 Å². The molecule has 2 N–H and O–H groups in total. The van der Waals surface area contributed by atoms with E-state index < -0.39 is 5.60 Å². The molecule has 2 fully saturated rings. The van der Waals surface area contributed by atoms with Gasteiger partial charge in [0.25, 0.3) is 0 Å². The van der Waals surface area contributed by atoms with Gasteiger partial charge in [-0.2, -0.15) is 0 Å². The molecule has 0 bridgehead atoms. The average molecular weight is 384 g/mol. The summed E-state index contributed by atoms with van der Waals surface area (Å²) >= 11 is 0. The smallest absolute Gasteiger partial charge is 0.133 e. The Bertz CT molecular complexity index is 825. The van der Waals surface area contributed by atoms with Crippen molar-refractivity contribution < 1.29 is 14.6 Å². The molecule has 4 rings (SSSR count). The molecule has 0 amide bonds. The van der Waals surface area contributed by atoms with Crippen LogP contribution in [0, 0.1) is 24.6 Å². The van der Waals surface area contributed by atoms with Gasteiger partial charge in [0, 0.05) is 37.7 Å². The fourth-order valence-electron chi connectivity index (χ4n) is 5.23. The number of aliphatic hydroxyl groups is 1. The second kappa shape index (κ2) is 7.45. The Morgan fingerprint density at radius 2 is 1.93 bits per heavy atom. The number of benzene rings is 1. The van der Waals surface area contributed by atoms with E-state index in [9.17, 15) is 14.6 Å². The summed E-state index contributed by atoms with van der Waals surface area (Å²) in [4.78, 5) is 6.82. The Morgan fingerprint density at radius 1 is 1.21 bits per heavy atom. The molecule has 2 aliphatic rings. The van der Waals surface area contributed by atoms with Gasteiger partial charge in [-0.25, -0.2) is 4.39 Å². The standard InChI is InChI=1S/C23H29FN2O2/c1-15-7-20(24)4-3-17(15)8-23(28)9-18-13-26(14-19(18)10-23)12-16(2)22-6-5-21(27)11-25-22/h3-7,11,16,18-19,27-28H,8-10,12-14H2,1-2H3/t16?,18-,19+,23-. The Morgan fingerprint density at radius 3 is 2.54 bits per heavy atom. The Labute approximate surface area is 166 Å². The molecule has 5 heteroatoms. The molecule has 0 spiro atoms. The van der Waals surface area contributed by atoms with E-state index in [0.29, 0.717) is 24.2 Å². The van der Waals surface area contributed by atoms with E-state index in [2.05, 4.69) is 16.8 Å². The van der Waals surface area contributed by atoms with Crippen molar-refractivity contribution in [3.8, 4) is 5.75 Å². The topological polar surface area (TPSA) is 56.6 Å². The van der Waals surface area contributed by atoms with Crippen molar-refractivity contribution in [2.24, 2.45) is 11.8 Å². The summed E-state index contributed by atoms with van der Waals surface area (Å²) in [7, 11) is 0. The number of aromatic hydroxyl groups is 1. The van der Waals surface area contributed by atoms with Crippen LogP contribution in [0.1, 0.15) is 42.5 Å². The molecule has 2 aromatic rings. The number of likely N-dealkylation sites (tertiary alicyclic amines) is 1. The number of aryl methyl sites for hydroxylation is 1. The van der Waals surface area contributed by atoms with E-state index >= 15 is 0 Å². The highest BCUT2D eigenvalue weighted by molar-refractivity contribution is 5.28. The van der Waals surface area contributed by atoms with Crippen molar-refractivity contribution >= 4 is 0 Å². The molecular formula is C23H29FN2O2. The molecule has 1 saturated heterocycles. The maximum Gasteiger partial charge on any atom is 0.133 e. The lowest BCUT2D eigenvalue weighted by atomic mass is 9.89. The monoisotopic (exact) mass is 384 g/mol. The molecule has 1 saturated carbocycles. The first kappa shape index (κ1) is 19.3. The summed E-state index contributed by atoms with van der Waals surface area (Å²) in [6, 6.07) is 8.43. The highest BCUT2D eigenvalue weighted by Crippen LogP contribution is 2.45. The van der Waals surface area contributed by atoms with E-state index in [0.717, 1.165) is 49.3 Å². The zero-order valence-corrected chi connectivity index (χ0v) is 16.6. The molecule has 1 aliphatic heterocycles. The lowest BCUT2D eigenvalue weighted by molar-refractivity contribution is 0.0351. The maximum absolute atomic E-state index is 13.3. The van der Waals surface area contributed by atoms with Crippen LogP contribution in [0.3, 0.4) is 0 Å². The van der Waals surface area contributed by atoms with E-state index in [1.165, 1.54) is 12.3 Å². The number of aromatic nitrogens is 1. The normalized spacial score (nSPS) is 28.4. The first-order valence-corrected chi connectivity index (χ1v) is 10.2. The molecule has 0 radical (unpaired) electrons. The third-order valence-electron chi connectivity index (χ3n) is 6.57. The first-order valence-electron chi connectivity index (χ1n) is 10.2. The molecule has 1 aromatic heterocycles. The van der Waals surface area contributed by atoms with Crippen LogP contribution in [0.5, 0.6) is 5.75 Å². The minimum atomic E-state index is -0.672. The number of hydrogen-bond donors (Lipinski definition) is 2. The van der Waals surface area contributed by atoms with Crippen LogP contribution in [0.4, 0.5) is 4.39 Å². The largest absolute Gasteiger partial charge is 0.506 e. The first-order chi connectivity index (χ1) is 13.3. The lowest BCUT2D eigenvalue weighted by Gasteiger charge is -2.27. The van der Waals surface area contributed by atoms with Gasteiger partial charge in [-0.05, 0) is 67.0 Å². The van der Waals surface area contributed by atoms with Crippen LogP contribution >= 0.6 is 0 Å². The summed E-state index contributed by atoms with van der Waals surface area (Å²) in [5.74, 6) is 1.32. The summed E-state index contributed by atoms with van der Waals surface area (Å²) in [6.45, 7) is 7.05. The quantitative estimate of drug-likeness (QED) is 0.826. The average Bonchev–Trinajstić information content (AvgIpc) is 3.12. The lowest BCUT2D eigenvalue weighted by Crippen LogP contribution is -2.33. The molecule has 150 valence electrons. The molecular weight excluding hydrogens is 355 g/mol. The molecule has 1 aromatic carbocycles. The summed E-state index contributed by atoms with van der Waals surface area (Å²) < 4.78 is 13.3. The van der Waals surface area contributed by atoms with Crippen molar-refractivity contribution in [1.29, 1.82) is 0 Å². The van der Waals surface area contributed by atoms with Gasteiger partial charge in [-0.1, -0.05) is 13.0 Å². The van der Waals surface area contributed by atoms with E-state index in [1.54, 1.807) is 12.1 Å². The van der Waals surface area contributed by atoms with Crippen molar-refractivity contribution in [2.45, 2.75) is 44.6 Å². The summed E-state index contributed by atoms with van der Waals surface area (Å²) in [5, 5.41) is 20.6. The van der Waals surface area contributed by atoms with Gasteiger partial charge in [-0.15, -0.1) is 0 Å². The van der Waals surface area contributed by atoms with Crippen molar-refractivity contribution in [1.82, 2.24) is 9.88 Å². The van der Waals surface area contributed by atoms with Crippen LogP contribution < -0.4 is 0 Å². The highest BCUT2D eigenvalue weighted by Gasteiger charge is 2.48. The van der Waals surface area contributed by atoms with Gasteiger partial charge in [0.2, 0.25) is 0 Å². The fourth-order valence-corrected chi connectivity index (χ4v) is 5.23. The predicted octanol–water partition coefficient (Wildman–Crippen LogP) is 3.65. The van der Waals surface area contributed by atoms with Gasteiger partial charge < -0.3 is 15.1 Å². The maximum atomic E-state index is 13.3. The summed E-state index contributed by atoms with van der Waals surface area (Å²) in [6.07, 6.45) is 3.75. The van der Waals surface area contributed by atoms with Crippen LogP contribution in [-0.4, -0.2) is 45.3 Å². The predicted molar refractivity (Wildman–Crippen MR) is 107 cm³/mol. The minimum absolute atomic E-state index is 0.197. The SMILES string of the molecule is Cc1cc(F)ccc1C[C@]1(O)C[C@H]2CN(CC(C)c3ccc(O)cn3)C[C@H]2C1. The van der Waals surface area contributed by atoms with E-state index in [-0.39, 0.29) is 11.6 Å². The number of hydrogen-bond acceptors (Lipinski definition) is 4. The second-order valence-electron chi connectivity index (χ2n) is 8.96. The third-order valence-corrected chi connectivity index (χ3v) is 6.57. The highest BCUT2D eigenvalue weighted by atomic mass is 19.1. The Hall–Kier alpha value is -1.98. The minimum Gasteiger partial charge on any atom is -0.506 e. The van der Waals surface area contributed by atoms with Gasteiger partial charge in [0.05, 0.1) is 11.8 Å². The van der Waals surface area contributed by atoms with Crippen LogP contribution in [0.15, 0.2) is 36.5 Å². The van der Waals surface area contributed by atoms with Crippen molar-refractivity contribution in [3.05, 3.63) is 59.2 Å². The van der Waals surface area contributed by atoms with Crippen LogP contribution in [0.2, 0.25) is 0 Å². The van der Waals surface area contributed by atoms with Gasteiger partial charge >= 0.3 is 0 Å². The van der Waals surface area contributed by atoms with E-state index in [4.69, 9.17) is 0 Å². The zero-order chi connectivity index (χ0) is 19.9. The van der Waals surface area contributed by atoms with Crippen molar-refractivity contribution in [3.63, 3.8) is 0 Å². The number of pyridine rings is 1. The van der Waals surface area contributed by atoms with Gasteiger partial charge in [0.1, 0.15) is 11.6 Å². The number of halogens is 1. The molecule has 28 heavy (non-hydrogen) atoms. The fraction of sp³-hybridized carbons (Fsp3) is 0.522. The number of nitrogens with zero attached hydrogens (tertiary/aromatic N) is 2. The molecule has 1 aliphatic carbocycles. The summed E-state index contributed by atoms with van der Waals surface area (Å²) in [5.41, 5.74) is 2.29. The molecule has 1 unspecified atom stereocenters. The number of fused-ring (bicyclic) bond motifs is 1. The van der Waals surface area contributed by atoms with Crippen LogP contribution in [0.25, 0.3) is 0 Å². The van der Waals surface area contributed by atoms with E-state index in [1.807, 2.05) is 19.1 Å². The van der Waals surface area contributed by atoms with Gasteiger partial charge in [-0.3, -0.25) is 4.98 Å². The van der Waals surface area contributed by atoms with Gasteiger partial charge in [0.15, 0.2) is 0 Å². The zero-order valence-electron chi connectivity index (χ0n) is 16.6. The molecule has 2 heterocycles.